The first-order chi connectivity index (χ1) is 13.1. The lowest BCUT2D eigenvalue weighted by atomic mass is 10.1. The molecular weight excluding hydrogens is 351 g/mol. The Balaban J connectivity index is 1.49. The summed E-state index contributed by atoms with van der Waals surface area (Å²) in [6.45, 7) is 0.675. The molecule has 4 rings (SSSR count). The van der Waals surface area contributed by atoms with Crippen LogP contribution in [0, 0.1) is 5.82 Å². The normalized spacial score (nSPS) is 15.9. The van der Waals surface area contributed by atoms with Crippen LogP contribution >= 0.6 is 0 Å². The molecule has 0 unspecified atom stereocenters. The molecule has 8 heteroatoms. The van der Waals surface area contributed by atoms with Crippen LogP contribution in [-0.2, 0) is 17.9 Å². The van der Waals surface area contributed by atoms with E-state index in [2.05, 4.69) is 15.6 Å². The summed E-state index contributed by atoms with van der Waals surface area (Å²) < 4.78 is 25.7. The number of hydrogen-bond acceptors (Lipinski definition) is 5. The van der Waals surface area contributed by atoms with E-state index >= 15 is 0 Å². The van der Waals surface area contributed by atoms with Crippen molar-refractivity contribution in [2.24, 2.45) is 0 Å². The lowest BCUT2D eigenvalue weighted by Crippen LogP contribution is -2.24. The van der Waals surface area contributed by atoms with Crippen molar-refractivity contribution in [2.75, 3.05) is 12.4 Å². The van der Waals surface area contributed by atoms with Crippen molar-refractivity contribution in [2.45, 2.75) is 19.3 Å². The second-order valence-electron chi connectivity index (χ2n) is 6.10. The number of amides is 1. The van der Waals surface area contributed by atoms with Gasteiger partial charge in [-0.15, -0.1) is 5.10 Å². The SMILES string of the molecule is COc1ccc([C@H]2Cn3nnc(C(=O)Nc4ccc(F)cc4)c3CO2)cc1. The van der Waals surface area contributed by atoms with Crippen LogP contribution in [0.25, 0.3) is 0 Å². The number of hydrogen-bond donors (Lipinski definition) is 1. The lowest BCUT2D eigenvalue weighted by molar-refractivity contribution is -0.00173. The van der Waals surface area contributed by atoms with E-state index in [1.165, 1.54) is 24.3 Å². The first-order valence-corrected chi connectivity index (χ1v) is 8.39. The van der Waals surface area contributed by atoms with Crippen LogP contribution in [0.2, 0.25) is 0 Å². The molecule has 1 N–H and O–H groups in total. The van der Waals surface area contributed by atoms with Crippen molar-refractivity contribution in [1.82, 2.24) is 15.0 Å². The van der Waals surface area contributed by atoms with Gasteiger partial charge >= 0.3 is 0 Å². The highest BCUT2D eigenvalue weighted by atomic mass is 19.1. The lowest BCUT2D eigenvalue weighted by Gasteiger charge is -2.24. The summed E-state index contributed by atoms with van der Waals surface area (Å²) >= 11 is 0. The molecule has 0 saturated heterocycles. The van der Waals surface area contributed by atoms with Gasteiger partial charge in [-0.2, -0.15) is 0 Å². The molecule has 3 aromatic rings. The van der Waals surface area contributed by atoms with E-state index in [-0.39, 0.29) is 24.2 Å². The molecule has 0 fully saturated rings. The number of ether oxygens (including phenoxy) is 2. The van der Waals surface area contributed by atoms with Crippen LogP contribution in [0.5, 0.6) is 5.75 Å². The van der Waals surface area contributed by atoms with Gasteiger partial charge in [-0.3, -0.25) is 4.79 Å². The zero-order chi connectivity index (χ0) is 18.8. The number of aromatic nitrogens is 3. The van der Waals surface area contributed by atoms with Gasteiger partial charge in [0.2, 0.25) is 0 Å². The summed E-state index contributed by atoms with van der Waals surface area (Å²) in [4.78, 5) is 12.5. The van der Waals surface area contributed by atoms with Crippen LogP contribution < -0.4 is 10.1 Å². The molecule has 138 valence electrons. The number of methoxy groups -OCH3 is 1. The van der Waals surface area contributed by atoms with Crippen molar-refractivity contribution in [3.8, 4) is 5.75 Å². The van der Waals surface area contributed by atoms with Gasteiger partial charge in [0.05, 0.1) is 26.0 Å². The minimum absolute atomic E-state index is 0.182. The molecule has 0 bridgehead atoms. The Bertz CT molecular complexity index is 954. The van der Waals surface area contributed by atoms with E-state index in [1.807, 2.05) is 24.3 Å². The van der Waals surface area contributed by atoms with Crippen molar-refractivity contribution in [3.63, 3.8) is 0 Å². The second kappa shape index (κ2) is 7.16. The fourth-order valence-corrected chi connectivity index (χ4v) is 2.93. The van der Waals surface area contributed by atoms with Gasteiger partial charge in [0, 0.05) is 5.69 Å². The van der Waals surface area contributed by atoms with E-state index in [4.69, 9.17) is 9.47 Å². The topological polar surface area (TPSA) is 78.3 Å². The third-order valence-electron chi connectivity index (χ3n) is 4.40. The summed E-state index contributed by atoms with van der Waals surface area (Å²) in [6.07, 6.45) is -0.182. The van der Waals surface area contributed by atoms with Gasteiger partial charge < -0.3 is 14.8 Å². The van der Waals surface area contributed by atoms with E-state index in [9.17, 15) is 9.18 Å². The average Bonchev–Trinajstić information content (AvgIpc) is 3.13. The van der Waals surface area contributed by atoms with Gasteiger partial charge in [-0.25, -0.2) is 9.07 Å². The molecule has 7 nitrogen and oxygen atoms in total. The molecule has 0 aliphatic carbocycles. The zero-order valence-electron chi connectivity index (χ0n) is 14.6. The fourth-order valence-electron chi connectivity index (χ4n) is 2.93. The van der Waals surface area contributed by atoms with Crippen molar-refractivity contribution < 1.29 is 18.7 Å². The third-order valence-corrected chi connectivity index (χ3v) is 4.40. The van der Waals surface area contributed by atoms with E-state index in [1.54, 1.807) is 11.8 Å². The molecule has 0 radical (unpaired) electrons. The van der Waals surface area contributed by atoms with Crippen molar-refractivity contribution in [1.29, 1.82) is 0 Å². The number of anilines is 1. The van der Waals surface area contributed by atoms with Gasteiger partial charge in [0.15, 0.2) is 5.69 Å². The van der Waals surface area contributed by atoms with Gasteiger partial charge in [-0.05, 0) is 42.0 Å². The molecule has 2 heterocycles. The molecule has 27 heavy (non-hydrogen) atoms. The highest BCUT2D eigenvalue weighted by Gasteiger charge is 2.27. The summed E-state index contributed by atoms with van der Waals surface area (Å²) in [6, 6.07) is 13.1. The number of nitrogens with one attached hydrogen (secondary N) is 1. The number of fused-ring (bicyclic) bond motifs is 1. The minimum atomic E-state index is -0.408. The smallest absolute Gasteiger partial charge is 0.278 e. The Hall–Kier alpha value is -3.26. The Kier molecular flexibility index (Phi) is 4.55. The largest absolute Gasteiger partial charge is 0.497 e. The molecule has 0 spiro atoms. The average molecular weight is 368 g/mol. The van der Waals surface area contributed by atoms with E-state index in [0.29, 0.717) is 17.9 Å². The molecule has 1 aromatic heterocycles. The van der Waals surface area contributed by atoms with Crippen LogP contribution in [0.1, 0.15) is 27.8 Å². The summed E-state index contributed by atoms with van der Waals surface area (Å²) in [5, 5.41) is 10.8. The maximum Gasteiger partial charge on any atom is 0.278 e. The second-order valence-corrected chi connectivity index (χ2v) is 6.10. The summed E-state index contributed by atoms with van der Waals surface area (Å²) in [7, 11) is 1.62. The fraction of sp³-hybridized carbons (Fsp3) is 0.211. The van der Waals surface area contributed by atoms with Crippen molar-refractivity contribution in [3.05, 3.63) is 71.3 Å². The molecule has 1 atom stereocenters. The number of carbonyl (C=O) groups excluding carboxylic acids is 1. The standard InChI is InChI=1S/C19H17FN4O3/c1-26-15-8-2-12(3-9-15)17-10-24-16(11-27-17)18(22-23-24)19(25)21-14-6-4-13(20)5-7-14/h2-9,17H,10-11H2,1H3,(H,21,25)/t17-/m1/s1. The van der Waals surface area contributed by atoms with Gasteiger partial charge in [-0.1, -0.05) is 17.3 Å². The van der Waals surface area contributed by atoms with Crippen LogP contribution in [0.15, 0.2) is 48.5 Å². The number of halogens is 1. The molecule has 1 amide bonds. The van der Waals surface area contributed by atoms with Crippen LogP contribution in [0.3, 0.4) is 0 Å². The highest BCUT2D eigenvalue weighted by molar-refractivity contribution is 6.03. The monoisotopic (exact) mass is 368 g/mol. The molecule has 1 aliphatic heterocycles. The van der Waals surface area contributed by atoms with Gasteiger partial charge in [0.25, 0.3) is 5.91 Å². The predicted octanol–water partition coefficient (Wildman–Crippen LogP) is 2.95. The summed E-state index contributed by atoms with van der Waals surface area (Å²) in [5.74, 6) is -0.00267. The maximum absolute atomic E-state index is 13.0. The molecule has 0 saturated carbocycles. The third kappa shape index (κ3) is 3.52. The minimum Gasteiger partial charge on any atom is -0.497 e. The highest BCUT2D eigenvalue weighted by Crippen LogP contribution is 2.28. The molecule has 2 aromatic carbocycles. The quantitative estimate of drug-likeness (QED) is 0.766. The van der Waals surface area contributed by atoms with E-state index in [0.717, 1.165) is 11.3 Å². The predicted molar refractivity (Wildman–Crippen MR) is 94.9 cm³/mol. The molecular formula is C19H17FN4O3. The zero-order valence-corrected chi connectivity index (χ0v) is 14.6. The van der Waals surface area contributed by atoms with E-state index < -0.39 is 5.91 Å². The van der Waals surface area contributed by atoms with Gasteiger partial charge in [0.1, 0.15) is 17.7 Å². The first kappa shape index (κ1) is 17.2. The van der Waals surface area contributed by atoms with Crippen molar-refractivity contribution >= 4 is 11.6 Å². The maximum atomic E-state index is 13.0. The molecule has 1 aliphatic rings. The Morgan fingerprint density at radius 2 is 1.96 bits per heavy atom. The number of carbonyl (C=O) groups is 1. The number of rotatable bonds is 4. The van der Waals surface area contributed by atoms with Crippen LogP contribution in [0.4, 0.5) is 10.1 Å². The summed E-state index contributed by atoms with van der Waals surface area (Å²) in [5.41, 5.74) is 2.29. The Morgan fingerprint density at radius 1 is 1.22 bits per heavy atom. The number of benzene rings is 2. The van der Waals surface area contributed by atoms with Crippen LogP contribution in [-0.4, -0.2) is 28.0 Å². The first-order valence-electron chi connectivity index (χ1n) is 8.39. The number of nitrogens with zero attached hydrogens (tertiary/aromatic N) is 3. The Labute approximate surface area is 154 Å². The Morgan fingerprint density at radius 3 is 2.67 bits per heavy atom.